The minimum absolute atomic E-state index is 0.0226. The molecule has 1 saturated heterocycles. The zero-order valence-electron chi connectivity index (χ0n) is 21.5. The fourth-order valence-corrected chi connectivity index (χ4v) is 6.24. The van der Waals surface area contributed by atoms with Crippen LogP contribution in [0.25, 0.3) is 0 Å². The Morgan fingerprint density at radius 2 is 1.61 bits per heavy atom. The van der Waals surface area contributed by atoms with Gasteiger partial charge in [0.2, 0.25) is 0 Å². The number of amides is 2. The molecule has 2 bridgehead atoms. The summed E-state index contributed by atoms with van der Waals surface area (Å²) in [4.78, 5) is 30.3. The van der Waals surface area contributed by atoms with E-state index in [2.05, 4.69) is 26.8 Å². The van der Waals surface area contributed by atoms with E-state index in [-0.39, 0.29) is 28.7 Å². The van der Waals surface area contributed by atoms with E-state index in [1.807, 2.05) is 41.3 Å². The number of phenols is 1. The van der Waals surface area contributed by atoms with Crippen molar-refractivity contribution in [2.45, 2.75) is 51.6 Å². The predicted molar refractivity (Wildman–Crippen MR) is 141 cm³/mol. The molecule has 1 aliphatic heterocycles. The summed E-state index contributed by atoms with van der Waals surface area (Å²) in [5.74, 6) is 0.216. The zero-order chi connectivity index (χ0) is 25.7. The number of nitrogens with zero attached hydrogens (tertiary/aromatic N) is 2. The summed E-state index contributed by atoms with van der Waals surface area (Å²) in [6, 6.07) is 22.7. The van der Waals surface area contributed by atoms with Gasteiger partial charge in [-0.3, -0.25) is 9.59 Å². The molecule has 0 radical (unpaired) electrons. The van der Waals surface area contributed by atoms with Gasteiger partial charge >= 0.3 is 0 Å². The summed E-state index contributed by atoms with van der Waals surface area (Å²) in [7, 11) is 1.79. The lowest BCUT2D eigenvalue weighted by Crippen LogP contribution is -2.64. The van der Waals surface area contributed by atoms with Gasteiger partial charge in [0.15, 0.2) is 0 Å². The second-order valence-electron chi connectivity index (χ2n) is 11.0. The molecule has 1 fully saturated rings. The van der Waals surface area contributed by atoms with Crippen molar-refractivity contribution in [2.24, 2.45) is 5.41 Å². The number of carbonyl (C=O) groups excluding carboxylic acids is 2. The average Bonchev–Trinajstić information content (AvgIpc) is 2.86. The molecule has 1 heterocycles. The Labute approximate surface area is 213 Å². The number of fused-ring (bicyclic) bond motifs is 4. The first kappa shape index (κ1) is 24.1. The van der Waals surface area contributed by atoms with Crippen molar-refractivity contribution in [3.63, 3.8) is 0 Å². The van der Waals surface area contributed by atoms with Crippen LogP contribution >= 0.6 is 0 Å². The lowest BCUT2D eigenvalue weighted by atomic mass is 9.51. The minimum atomic E-state index is -0.155. The van der Waals surface area contributed by atoms with Crippen LogP contribution in [0.3, 0.4) is 0 Å². The molecule has 2 amide bonds. The summed E-state index contributed by atoms with van der Waals surface area (Å²) < 4.78 is 0. The topological polar surface area (TPSA) is 60.9 Å². The quantitative estimate of drug-likeness (QED) is 0.540. The molecule has 5 nitrogen and oxygen atoms in total. The van der Waals surface area contributed by atoms with Crippen LogP contribution in [0.2, 0.25) is 0 Å². The predicted octanol–water partition coefficient (Wildman–Crippen LogP) is 5.42. The van der Waals surface area contributed by atoms with Crippen molar-refractivity contribution in [3.05, 3.63) is 101 Å². The first-order chi connectivity index (χ1) is 17.1. The third-order valence-electron chi connectivity index (χ3n) is 8.88. The number of hydrogen-bond donors (Lipinski definition) is 1. The smallest absolute Gasteiger partial charge is 0.254 e. The molecule has 0 aromatic heterocycles. The number of aromatic hydroxyl groups is 1. The van der Waals surface area contributed by atoms with Gasteiger partial charge in [-0.25, -0.2) is 0 Å². The van der Waals surface area contributed by atoms with Crippen molar-refractivity contribution >= 4 is 11.8 Å². The lowest BCUT2D eigenvalue weighted by molar-refractivity contribution is -0.0266. The largest absolute Gasteiger partial charge is 0.508 e. The number of piperidine rings is 1. The Hall–Kier alpha value is -3.60. The summed E-state index contributed by atoms with van der Waals surface area (Å²) in [5.41, 5.74) is 4.10. The van der Waals surface area contributed by atoms with E-state index in [4.69, 9.17) is 0 Å². The second-order valence-corrected chi connectivity index (χ2v) is 11.0. The molecule has 36 heavy (non-hydrogen) atoms. The maximum absolute atomic E-state index is 13.7. The van der Waals surface area contributed by atoms with Crippen LogP contribution in [0.15, 0.2) is 72.8 Å². The molecule has 0 spiro atoms. The van der Waals surface area contributed by atoms with Crippen LogP contribution in [0, 0.1) is 5.41 Å². The van der Waals surface area contributed by atoms with Crippen molar-refractivity contribution in [1.29, 1.82) is 0 Å². The molecule has 1 N–H and O–H groups in total. The molecule has 2 aliphatic rings. The van der Waals surface area contributed by atoms with Crippen LogP contribution in [-0.4, -0.2) is 46.4 Å². The number of hydrogen-bond acceptors (Lipinski definition) is 3. The lowest BCUT2D eigenvalue weighted by Gasteiger charge is -2.60. The van der Waals surface area contributed by atoms with Crippen LogP contribution in [0.1, 0.15) is 64.6 Å². The standard InChI is InChI=1S/C31H34N2O3/c1-30(2)27-19-24-25(11-8-12-26(24)34)31(30,3)17-18-33(27)29(36)23-15-13-22(14-16-23)28(35)32(4)20-21-9-6-5-7-10-21/h5-16,27,34H,17-20H2,1-4H3/t27?,31-/m0/s1. The van der Waals surface area contributed by atoms with E-state index in [0.29, 0.717) is 36.4 Å². The highest BCUT2D eigenvalue weighted by Crippen LogP contribution is 2.57. The van der Waals surface area contributed by atoms with Gasteiger partial charge in [-0.15, -0.1) is 0 Å². The van der Waals surface area contributed by atoms with Gasteiger partial charge in [0.25, 0.3) is 11.8 Å². The Kier molecular flexibility index (Phi) is 5.90. The van der Waals surface area contributed by atoms with Crippen molar-refractivity contribution in [1.82, 2.24) is 9.80 Å². The first-order valence-corrected chi connectivity index (χ1v) is 12.7. The van der Waals surface area contributed by atoms with Crippen LogP contribution in [-0.2, 0) is 18.4 Å². The number of likely N-dealkylation sites (tertiary alicyclic amines) is 1. The highest BCUT2D eigenvalue weighted by atomic mass is 16.3. The third-order valence-corrected chi connectivity index (χ3v) is 8.88. The monoisotopic (exact) mass is 482 g/mol. The summed E-state index contributed by atoms with van der Waals surface area (Å²) in [5, 5.41) is 10.6. The van der Waals surface area contributed by atoms with Crippen LogP contribution in [0.4, 0.5) is 0 Å². The van der Waals surface area contributed by atoms with Gasteiger partial charge in [-0.05, 0) is 65.3 Å². The Morgan fingerprint density at radius 1 is 0.944 bits per heavy atom. The fraction of sp³-hybridized carbons (Fsp3) is 0.355. The molecule has 2 atom stereocenters. The molecule has 5 heteroatoms. The summed E-state index contributed by atoms with van der Waals surface area (Å²) in [6.45, 7) is 7.95. The Bertz CT molecular complexity index is 1300. The number of rotatable bonds is 4. The molecule has 186 valence electrons. The van der Waals surface area contributed by atoms with E-state index in [1.54, 1.807) is 42.3 Å². The average molecular weight is 483 g/mol. The van der Waals surface area contributed by atoms with Crippen LogP contribution < -0.4 is 0 Å². The van der Waals surface area contributed by atoms with Crippen LogP contribution in [0.5, 0.6) is 5.75 Å². The van der Waals surface area contributed by atoms with Crippen molar-refractivity contribution < 1.29 is 14.7 Å². The molecule has 1 aliphatic carbocycles. The maximum atomic E-state index is 13.7. The van der Waals surface area contributed by atoms with Crippen molar-refractivity contribution in [3.8, 4) is 5.75 Å². The molecule has 3 aromatic carbocycles. The van der Waals surface area contributed by atoms with Gasteiger partial charge in [-0.1, -0.05) is 63.2 Å². The van der Waals surface area contributed by atoms with E-state index >= 15 is 0 Å². The third kappa shape index (κ3) is 3.78. The Morgan fingerprint density at radius 3 is 2.31 bits per heavy atom. The van der Waals surface area contributed by atoms with E-state index in [0.717, 1.165) is 17.5 Å². The SMILES string of the molecule is CN(Cc1ccccc1)C(=O)c1ccc(C(=O)N2CC[C@@]3(C)c4cccc(O)c4CC2C3(C)C)cc1. The van der Waals surface area contributed by atoms with E-state index < -0.39 is 0 Å². The highest BCUT2D eigenvalue weighted by Gasteiger charge is 2.57. The van der Waals surface area contributed by atoms with Gasteiger partial charge in [0.05, 0.1) is 0 Å². The molecular weight excluding hydrogens is 448 g/mol. The molecule has 0 saturated carbocycles. The molecule has 1 unspecified atom stereocenters. The molecule has 5 rings (SSSR count). The van der Waals surface area contributed by atoms with E-state index in [1.165, 1.54) is 5.56 Å². The summed E-state index contributed by atoms with van der Waals surface area (Å²) >= 11 is 0. The number of phenolic OH excluding ortho intramolecular Hbond substituents is 1. The van der Waals surface area contributed by atoms with Gasteiger partial charge < -0.3 is 14.9 Å². The van der Waals surface area contributed by atoms with Crippen molar-refractivity contribution in [2.75, 3.05) is 13.6 Å². The van der Waals surface area contributed by atoms with Gasteiger partial charge in [0.1, 0.15) is 5.75 Å². The van der Waals surface area contributed by atoms with Gasteiger partial charge in [-0.2, -0.15) is 0 Å². The van der Waals surface area contributed by atoms with E-state index in [9.17, 15) is 14.7 Å². The molecular formula is C31H34N2O3. The Balaban J connectivity index is 1.36. The number of carbonyl (C=O) groups is 2. The minimum Gasteiger partial charge on any atom is -0.508 e. The first-order valence-electron chi connectivity index (χ1n) is 12.7. The maximum Gasteiger partial charge on any atom is 0.254 e. The number of benzene rings is 3. The summed E-state index contributed by atoms with van der Waals surface area (Å²) in [6.07, 6.45) is 1.47. The molecule has 3 aromatic rings. The second kappa shape index (κ2) is 8.81. The van der Waals surface area contributed by atoms with Gasteiger partial charge in [0, 0.05) is 42.7 Å². The normalized spacial score (nSPS) is 22.0. The highest BCUT2D eigenvalue weighted by molar-refractivity contribution is 5.98. The zero-order valence-corrected chi connectivity index (χ0v) is 21.5. The fourth-order valence-electron chi connectivity index (χ4n) is 6.24.